The highest BCUT2D eigenvalue weighted by molar-refractivity contribution is 7.97. The molecule has 6 heteroatoms. The Hall–Kier alpha value is -2.65. The minimum absolute atomic E-state index is 0.310. The first-order valence-electron chi connectivity index (χ1n) is 7.47. The fourth-order valence-electron chi connectivity index (χ4n) is 2.94. The summed E-state index contributed by atoms with van der Waals surface area (Å²) < 4.78 is 42.0. The molecule has 2 aromatic carbocycles. The number of nitrogens with one attached hydrogen (secondary N) is 1. The van der Waals surface area contributed by atoms with E-state index >= 15 is 0 Å². The second-order valence-corrected chi connectivity index (χ2v) is 6.53. The van der Waals surface area contributed by atoms with Crippen LogP contribution in [0, 0.1) is 12.3 Å². The molecule has 25 heavy (non-hydrogen) atoms. The van der Waals surface area contributed by atoms with Gasteiger partial charge in [-0.05, 0) is 53.4 Å². The molecule has 0 saturated carbocycles. The first-order chi connectivity index (χ1) is 12.0. The number of hydrogen-bond acceptors (Lipinski definition) is 3. The summed E-state index contributed by atoms with van der Waals surface area (Å²) in [5, 5.41) is 1.55. The van der Waals surface area contributed by atoms with Crippen LogP contribution in [0.3, 0.4) is 0 Å². The Bertz CT molecular complexity index is 1080. The topological polar surface area (TPSA) is 24.9 Å². The molecule has 0 aliphatic carbocycles. The van der Waals surface area contributed by atoms with Crippen molar-refractivity contribution >= 4 is 39.8 Å². The summed E-state index contributed by atoms with van der Waals surface area (Å²) in [4.78, 5) is 5.51. The Morgan fingerprint density at radius 3 is 2.80 bits per heavy atom. The summed E-state index contributed by atoms with van der Waals surface area (Å²) in [6, 6.07) is 7.46. The first kappa shape index (κ1) is 15.9. The number of benzene rings is 2. The lowest BCUT2D eigenvalue weighted by Crippen LogP contribution is -2.05. The second kappa shape index (κ2) is 5.71. The molecule has 2 nitrogen and oxygen atoms in total. The van der Waals surface area contributed by atoms with Gasteiger partial charge in [0.2, 0.25) is 0 Å². The summed E-state index contributed by atoms with van der Waals surface area (Å²) in [5.74, 6) is 2.60. The predicted octanol–water partition coefficient (Wildman–Crippen LogP) is 5.16. The van der Waals surface area contributed by atoms with Gasteiger partial charge in [0.25, 0.3) is 0 Å². The van der Waals surface area contributed by atoms with E-state index in [9.17, 15) is 13.2 Å². The fourth-order valence-corrected chi connectivity index (χ4v) is 3.70. The maximum absolute atomic E-state index is 13.0. The highest BCUT2D eigenvalue weighted by atomic mass is 32.2. The minimum atomic E-state index is -4.40. The van der Waals surface area contributed by atoms with E-state index in [0.29, 0.717) is 22.8 Å². The number of aromatic nitrogens is 1. The van der Waals surface area contributed by atoms with Crippen molar-refractivity contribution in [3.63, 3.8) is 0 Å². The van der Waals surface area contributed by atoms with Gasteiger partial charge in [0.1, 0.15) is 0 Å². The molecule has 2 heterocycles. The van der Waals surface area contributed by atoms with E-state index in [4.69, 9.17) is 6.42 Å². The molecule has 0 radical (unpaired) electrons. The molecule has 0 unspecified atom stereocenters. The summed E-state index contributed by atoms with van der Waals surface area (Å²) in [7, 11) is 0. The van der Waals surface area contributed by atoms with Crippen LogP contribution in [0.2, 0.25) is 0 Å². The predicted molar refractivity (Wildman–Crippen MR) is 94.8 cm³/mol. The van der Waals surface area contributed by atoms with Crippen molar-refractivity contribution in [2.24, 2.45) is 0 Å². The normalized spacial score (nSPS) is 13.5. The Labute approximate surface area is 146 Å². The van der Waals surface area contributed by atoms with Crippen molar-refractivity contribution in [2.45, 2.75) is 17.5 Å². The molecule has 0 spiro atoms. The molecule has 0 bridgehead atoms. The highest BCUT2D eigenvalue weighted by Crippen LogP contribution is 2.37. The average molecular weight is 356 g/mol. The van der Waals surface area contributed by atoms with E-state index in [0.717, 1.165) is 33.5 Å². The fraction of sp³-hybridized carbons (Fsp3) is 0.105. The van der Waals surface area contributed by atoms with Crippen LogP contribution in [0.15, 0.2) is 41.4 Å². The molecular weight excluding hydrogens is 345 g/mol. The van der Waals surface area contributed by atoms with Crippen molar-refractivity contribution < 1.29 is 13.2 Å². The number of halogens is 3. The molecule has 1 N–H and O–H groups in total. The second-order valence-electron chi connectivity index (χ2n) is 5.68. The van der Waals surface area contributed by atoms with E-state index in [1.807, 2.05) is 24.4 Å². The Kier molecular flexibility index (Phi) is 3.62. The lowest BCUT2D eigenvalue weighted by Gasteiger charge is -2.17. The van der Waals surface area contributed by atoms with Gasteiger partial charge in [-0.2, -0.15) is 13.2 Å². The van der Waals surface area contributed by atoms with Crippen molar-refractivity contribution in [3.8, 4) is 12.3 Å². The van der Waals surface area contributed by atoms with Crippen LogP contribution in [-0.4, -0.2) is 4.98 Å². The molecule has 0 fully saturated rings. The van der Waals surface area contributed by atoms with Crippen molar-refractivity contribution in [3.05, 3.63) is 53.2 Å². The van der Waals surface area contributed by atoms with E-state index in [-0.39, 0.29) is 0 Å². The van der Waals surface area contributed by atoms with Crippen LogP contribution in [-0.2, 0) is 12.6 Å². The van der Waals surface area contributed by atoms with Gasteiger partial charge < -0.3 is 4.72 Å². The van der Waals surface area contributed by atoms with Crippen LogP contribution >= 0.6 is 11.9 Å². The highest BCUT2D eigenvalue weighted by Gasteiger charge is 2.30. The lowest BCUT2D eigenvalue weighted by molar-refractivity contribution is -0.137. The van der Waals surface area contributed by atoms with Gasteiger partial charge in [0.15, 0.2) is 0 Å². The molecule has 0 saturated heterocycles. The smallest absolute Gasteiger partial charge is 0.332 e. The number of alkyl halides is 3. The van der Waals surface area contributed by atoms with Gasteiger partial charge >= 0.3 is 6.18 Å². The first-order valence-corrected chi connectivity index (χ1v) is 8.29. The SMILES string of the molecule is C#CCc1cc2c(c3cc4ccc(C(F)(F)F)cc4nc13)SNC=C2. The van der Waals surface area contributed by atoms with Crippen LogP contribution in [0.4, 0.5) is 13.2 Å². The molecule has 0 atom stereocenters. The van der Waals surface area contributed by atoms with Crippen LogP contribution in [0.5, 0.6) is 0 Å². The van der Waals surface area contributed by atoms with Gasteiger partial charge in [-0.1, -0.05) is 6.07 Å². The maximum atomic E-state index is 13.0. The molecule has 1 aliphatic rings. The average Bonchev–Trinajstić information content (AvgIpc) is 2.59. The lowest BCUT2D eigenvalue weighted by atomic mass is 10.0. The third-order valence-electron chi connectivity index (χ3n) is 4.07. The molecular formula is C19H11F3N2S. The van der Waals surface area contributed by atoms with Crippen LogP contribution < -0.4 is 4.72 Å². The third kappa shape index (κ3) is 2.71. The van der Waals surface area contributed by atoms with E-state index in [1.165, 1.54) is 18.0 Å². The summed E-state index contributed by atoms with van der Waals surface area (Å²) in [6.07, 6.45) is 5.21. The number of fused-ring (bicyclic) bond motifs is 4. The molecule has 124 valence electrons. The van der Waals surface area contributed by atoms with E-state index in [1.54, 1.807) is 0 Å². The molecule has 1 aliphatic heterocycles. The molecule has 1 aromatic heterocycles. The third-order valence-corrected chi connectivity index (χ3v) is 4.98. The van der Waals surface area contributed by atoms with Gasteiger partial charge in [0.05, 0.1) is 16.6 Å². The summed E-state index contributed by atoms with van der Waals surface area (Å²) in [5.41, 5.74) is 2.11. The number of terminal acetylenes is 1. The standard InChI is InChI=1S/C19H11F3N2S/c1-2-3-12-8-13-6-7-23-25-18(13)15-9-11-4-5-14(19(20,21)22)10-16(11)24-17(12)15/h1,4-10,23H,3H2. The zero-order valence-corrected chi connectivity index (χ0v) is 13.6. The molecule has 4 rings (SSSR count). The van der Waals surface area contributed by atoms with Gasteiger partial charge in [-0.25, -0.2) is 4.98 Å². The summed E-state index contributed by atoms with van der Waals surface area (Å²) >= 11 is 1.45. The zero-order valence-electron chi connectivity index (χ0n) is 12.8. The van der Waals surface area contributed by atoms with E-state index in [2.05, 4.69) is 15.6 Å². The van der Waals surface area contributed by atoms with Gasteiger partial charge in [-0.15, -0.1) is 12.3 Å². The number of pyridine rings is 1. The minimum Gasteiger partial charge on any atom is -0.332 e. The number of hydrogen-bond donors (Lipinski definition) is 1. The van der Waals surface area contributed by atoms with Crippen molar-refractivity contribution in [2.75, 3.05) is 0 Å². The van der Waals surface area contributed by atoms with E-state index < -0.39 is 11.7 Å². The van der Waals surface area contributed by atoms with Gasteiger partial charge in [-0.3, -0.25) is 0 Å². The summed E-state index contributed by atoms with van der Waals surface area (Å²) in [6.45, 7) is 0. The Morgan fingerprint density at radius 1 is 1.20 bits per heavy atom. The molecule has 0 amide bonds. The van der Waals surface area contributed by atoms with Crippen molar-refractivity contribution in [1.82, 2.24) is 9.71 Å². The largest absolute Gasteiger partial charge is 0.416 e. The van der Waals surface area contributed by atoms with Crippen LogP contribution in [0.25, 0.3) is 27.9 Å². The monoisotopic (exact) mass is 356 g/mol. The molecule has 3 aromatic rings. The van der Waals surface area contributed by atoms with Gasteiger partial charge in [0, 0.05) is 28.3 Å². The number of nitrogens with zero attached hydrogens (tertiary/aromatic N) is 1. The van der Waals surface area contributed by atoms with Crippen molar-refractivity contribution in [1.29, 1.82) is 0 Å². The number of rotatable bonds is 1. The quantitative estimate of drug-likeness (QED) is 0.370. The maximum Gasteiger partial charge on any atom is 0.416 e. The zero-order chi connectivity index (χ0) is 17.6. The Morgan fingerprint density at radius 2 is 2.04 bits per heavy atom. The Balaban J connectivity index is 2.06. The van der Waals surface area contributed by atoms with Crippen LogP contribution in [0.1, 0.15) is 16.7 Å².